The average Bonchev–Trinajstić information content (AvgIpc) is 2.36. The summed E-state index contributed by atoms with van der Waals surface area (Å²) in [5.74, 6) is -0.154. The lowest BCUT2D eigenvalue weighted by molar-refractivity contribution is -0.131. The normalized spacial score (nSPS) is 10.8. The van der Waals surface area contributed by atoms with Crippen molar-refractivity contribution in [3.05, 3.63) is 34.3 Å². The van der Waals surface area contributed by atoms with E-state index < -0.39 is 6.29 Å². The number of carbonyl (C=O) groups is 1. The molecule has 1 amide bonds. The molecule has 106 valence electrons. The van der Waals surface area contributed by atoms with Crippen molar-refractivity contribution in [1.29, 1.82) is 0 Å². The van der Waals surface area contributed by atoms with Gasteiger partial charge in [-0.3, -0.25) is 4.79 Å². The van der Waals surface area contributed by atoms with Crippen molar-refractivity contribution in [2.24, 2.45) is 0 Å². The van der Waals surface area contributed by atoms with Crippen LogP contribution in [-0.2, 0) is 9.47 Å². The first-order valence-electron chi connectivity index (χ1n) is 6.36. The van der Waals surface area contributed by atoms with Crippen LogP contribution in [0.25, 0.3) is 0 Å². The summed E-state index contributed by atoms with van der Waals surface area (Å²) in [6.45, 7) is 7.03. The molecule has 1 N–H and O–H groups in total. The fraction of sp³-hybridized carbons (Fsp3) is 0.500. The van der Waals surface area contributed by atoms with Gasteiger partial charge in [-0.05, 0) is 44.5 Å². The number of rotatable bonds is 7. The molecule has 0 saturated heterocycles. The van der Waals surface area contributed by atoms with E-state index in [4.69, 9.17) is 21.1 Å². The molecule has 19 heavy (non-hydrogen) atoms. The average molecular weight is 286 g/mol. The zero-order valence-corrected chi connectivity index (χ0v) is 12.3. The lowest BCUT2D eigenvalue weighted by atomic mass is 10.1. The fourth-order valence-corrected chi connectivity index (χ4v) is 1.92. The quantitative estimate of drug-likeness (QED) is 0.784. The van der Waals surface area contributed by atoms with Crippen molar-refractivity contribution in [2.45, 2.75) is 27.1 Å². The summed E-state index contributed by atoms with van der Waals surface area (Å²) in [4.78, 5) is 12.0. The van der Waals surface area contributed by atoms with Gasteiger partial charge < -0.3 is 14.8 Å². The van der Waals surface area contributed by atoms with Gasteiger partial charge in [0.2, 0.25) is 0 Å². The van der Waals surface area contributed by atoms with Gasteiger partial charge in [-0.15, -0.1) is 0 Å². The van der Waals surface area contributed by atoms with Gasteiger partial charge in [0.15, 0.2) is 6.29 Å². The molecular formula is C14H20ClNO3. The van der Waals surface area contributed by atoms with Gasteiger partial charge in [-0.1, -0.05) is 11.6 Å². The summed E-state index contributed by atoms with van der Waals surface area (Å²) in [6, 6.07) is 5.18. The summed E-state index contributed by atoms with van der Waals surface area (Å²) >= 11 is 5.86. The van der Waals surface area contributed by atoms with Crippen LogP contribution in [0.2, 0.25) is 5.02 Å². The molecular weight excluding hydrogens is 266 g/mol. The van der Waals surface area contributed by atoms with Gasteiger partial charge in [-0.25, -0.2) is 0 Å². The third-order valence-electron chi connectivity index (χ3n) is 2.57. The Kier molecular flexibility index (Phi) is 6.84. The summed E-state index contributed by atoms with van der Waals surface area (Å²) < 4.78 is 10.7. The molecule has 0 spiro atoms. The molecule has 0 unspecified atom stereocenters. The van der Waals surface area contributed by atoms with E-state index in [0.29, 0.717) is 30.3 Å². The Labute approximate surface area is 119 Å². The zero-order chi connectivity index (χ0) is 14.3. The molecule has 0 aliphatic rings. The zero-order valence-electron chi connectivity index (χ0n) is 11.5. The number of ether oxygens (including phenoxy) is 2. The number of aryl methyl sites for hydroxylation is 1. The highest BCUT2D eigenvalue weighted by atomic mass is 35.5. The Balaban J connectivity index is 2.58. The van der Waals surface area contributed by atoms with E-state index in [1.165, 1.54) is 0 Å². The molecule has 0 atom stereocenters. The molecule has 0 saturated carbocycles. The van der Waals surface area contributed by atoms with Crippen LogP contribution in [-0.4, -0.2) is 32.0 Å². The van der Waals surface area contributed by atoms with E-state index in [0.717, 1.165) is 5.56 Å². The standard InChI is InChI=1S/C14H20ClNO3/c1-4-18-13(19-5-2)9-16-14(17)12-7-6-11(15)8-10(12)3/h6-8,13H,4-5,9H2,1-3H3,(H,16,17). The lowest BCUT2D eigenvalue weighted by Crippen LogP contribution is -2.35. The molecule has 1 aromatic carbocycles. The Morgan fingerprint density at radius 2 is 1.95 bits per heavy atom. The van der Waals surface area contributed by atoms with Gasteiger partial charge in [0.05, 0.1) is 6.54 Å². The van der Waals surface area contributed by atoms with E-state index in [9.17, 15) is 4.79 Å². The van der Waals surface area contributed by atoms with Crippen LogP contribution in [0, 0.1) is 6.92 Å². The number of carbonyl (C=O) groups excluding carboxylic acids is 1. The monoisotopic (exact) mass is 285 g/mol. The predicted octanol–water partition coefficient (Wildman–Crippen LogP) is 2.78. The summed E-state index contributed by atoms with van der Waals surface area (Å²) in [6.07, 6.45) is -0.411. The Morgan fingerprint density at radius 1 is 1.32 bits per heavy atom. The van der Waals surface area contributed by atoms with Crippen molar-refractivity contribution in [1.82, 2.24) is 5.32 Å². The molecule has 0 fully saturated rings. The Morgan fingerprint density at radius 3 is 2.47 bits per heavy atom. The first-order valence-corrected chi connectivity index (χ1v) is 6.73. The highest BCUT2D eigenvalue weighted by Crippen LogP contribution is 2.15. The largest absolute Gasteiger partial charge is 0.351 e. The van der Waals surface area contributed by atoms with Crippen LogP contribution < -0.4 is 5.32 Å². The lowest BCUT2D eigenvalue weighted by Gasteiger charge is -2.17. The number of amides is 1. The maximum absolute atomic E-state index is 12.0. The second-order valence-electron chi connectivity index (χ2n) is 4.01. The van der Waals surface area contributed by atoms with Crippen LogP contribution in [0.4, 0.5) is 0 Å². The van der Waals surface area contributed by atoms with Crippen LogP contribution in [0.1, 0.15) is 29.8 Å². The molecule has 0 heterocycles. The van der Waals surface area contributed by atoms with E-state index >= 15 is 0 Å². The first-order chi connectivity index (χ1) is 9.08. The molecule has 0 bridgehead atoms. The molecule has 1 rings (SSSR count). The molecule has 0 aromatic heterocycles. The molecule has 0 aliphatic heterocycles. The fourth-order valence-electron chi connectivity index (χ4n) is 1.69. The summed E-state index contributed by atoms with van der Waals surface area (Å²) in [5, 5.41) is 3.42. The minimum absolute atomic E-state index is 0.154. The number of hydrogen-bond donors (Lipinski definition) is 1. The molecule has 0 aliphatic carbocycles. The summed E-state index contributed by atoms with van der Waals surface area (Å²) in [7, 11) is 0. The Hall–Kier alpha value is -1.10. The molecule has 1 aromatic rings. The van der Waals surface area contributed by atoms with Crippen molar-refractivity contribution in [3.63, 3.8) is 0 Å². The minimum atomic E-state index is -0.411. The maximum atomic E-state index is 12.0. The van der Waals surface area contributed by atoms with Crippen LogP contribution >= 0.6 is 11.6 Å². The van der Waals surface area contributed by atoms with Gasteiger partial charge in [0.25, 0.3) is 5.91 Å². The highest BCUT2D eigenvalue weighted by Gasteiger charge is 2.13. The topological polar surface area (TPSA) is 47.6 Å². The molecule has 4 nitrogen and oxygen atoms in total. The second kappa shape index (κ2) is 8.15. The number of halogens is 1. The van der Waals surface area contributed by atoms with Crippen molar-refractivity contribution >= 4 is 17.5 Å². The van der Waals surface area contributed by atoms with Gasteiger partial charge in [0.1, 0.15) is 0 Å². The van der Waals surface area contributed by atoms with E-state index in [2.05, 4.69) is 5.32 Å². The molecule has 0 radical (unpaired) electrons. The third kappa shape index (κ3) is 5.19. The first kappa shape index (κ1) is 16.0. The molecule has 5 heteroatoms. The predicted molar refractivity (Wildman–Crippen MR) is 75.6 cm³/mol. The van der Waals surface area contributed by atoms with E-state index in [1.807, 2.05) is 20.8 Å². The van der Waals surface area contributed by atoms with Crippen molar-refractivity contribution in [3.8, 4) is 0 Å². The van der Waals surface area contributed by atoms with Gasteiger partial charge >= 0.3 is 0 Å². The van der Waals surface area contributed by atoms with Crippen LogP contribution in [0.15, 0.2) is 18.2 Å². The van der Waals surface area contributed by atoms with Gasteiger partial charge in [0, 0.05) is 23.8 Å². The minimum Gasteiger partial charge on any atom is -0.351 e. The Bertz CT molecular complexity index is 417. The van der Waals surface area contributed by atoms with Crippen LogP contribution in [0.5, 0.6) is 0 Å². The summed E-state index contributed by atoms with van der Waals surface area (Å²) in [5.41, 5.74) is 1.45. The SMILES string of the molecule is CCOC(CNC(=O)c1ccc(Cl)cc1C)OCC. The van der Waals surface area contributed by atoms with E-state index in [1.54, 1.807) is 18.2 Å². The van der Waals surface area contributed by atoms with Gasteiger partial charge in [-0.2, -0.15) is 0 Å². The number of nitrogens with one attached hydrogen (secondary N) is 1. The second-order valence-corrected chi connectivity index (χ2v) is 4.45. The highest BCUT2D eigenvalue weighted by molar-refractivity contribution is 6.30. The maximum Gasteiger partial charge on any atom is 0.251 e. The smallest absolute Gasteiger partial charge is 0.251 e. The van der Waals surface area contributed by atoms with Crippen molar-refractivity contribution < 1.29 is 14.3 Å². The third-order valence-corrected chi connectivity index (χ3v) is 2.80. The number of benzene rings is 1. The van der Waals surface area contributed by atoms with Crippen molar-refractivity contribution in [2.75, 3.05) is 19.8 Å². The van der Waals surface area contributed by atoms with E-state index in [-0.39, 0.29) is 5.91 Å². The number of hydrogen-bond acceptors (Lipinski definition) is 3. The van der Waals surface area contributed by atoms with Crippen LogP contribution in [0.3, 0.4) is 0 Å².